The maximum atomic E-state index is 11.1. The number of aliphatic carboxylic acids is 3. The number of hydrogen-bond acceptors (Lipinski definition) is 4. The van der Waals surface area contributed by atoms with E-state index in [2.05, 4.69) is 19.1 Å². The predicted molar refractivity (Wildman–Crippen MR) is 152 cm³/mol. The van der Waals surface area contributed by atoms with Crippen molar-refractivity contribution in [3.63, 3.8) is 0 Å². The second-order valence-electron chi connectivity index (χ2n) is 11.0. The van der Waals surface area contributed by atoms with Crippen LogP contribution in [0.2, 0.25) is 0 Å². The molecule has 0 aromatic heterocycles. The van der Waals surface area contributed by atoms with Gasteiger partial charge in [-0.05, 0) is 32.1 Å². The van der Waals surface area contributed by atoms with Crippen LogP contribution in [0.25, 0.3) is 0 Å². The number of carbonyl (C=O) groups excluding carboxylic acids is 1. The molecular weight excluding hydrogens is 482 g/mol. The van der Waals surface area contributed by atoms with E-state index in [1.54, 1.807) is 0 Å². The van der Waals surface area contributed by atoms with Gasteiger partial charge in [0.05, 0.1) is 39.0 Å². The first-order valence-electron chi connectivity index (χ1n) is 15.4. The Kier molecular flexibility index (Phi) is 24.1. The van der Waals surface area contributed by atoms with Crippen molar-refractivity contribution >= 4 is 17.9 Å². The molecule has 0 bridgehead atoms. The molecule has 0 fully saturated rings. The van der Waals surface area contributed by atoms with Gasteiger partial charge in [-0.25, -0.2) is 0 Å². The molecule has 0 radical (unpaired) electrons. The predicted octanol–water partition coefficient (Wildman–Crippen LogP) is 6.49. The molecule has 7 heteroatoms. The summed E-state index contributed by atoms with van der Waals surface area (Å²) in [5, 5.41) is 29.2. The molecule has 2 N–H and O–H groups in total. The zero-order valence-corrected chi connectivity index (χ0v) is 24.3. The van der Waals surface area contributed by atoms with Crippen molar-refractivity contribution in [2.45, 2.75) is 142 Å². The van der Waals surface area contributed by atoms with Crippen LogP contribution in [-0.2, 0) is 14.4 Å². The topological polar surface area (TPSA) is 115 Å². The van der Waals surface area contributed by atoms with Crippen LogP contribution in [0.5, 0.6) is 0 Å². The molecule has 0 aliphatic carbocycles. The fraction of sp³-hybridized carbons (Fsp3) is 0.839. The fourth-order valence-corrected chi connectivity index (χ4v) is 5.07. The van der Waals surface area contributed by atoms with Crippen LogP contribution in [-0.4, -0.2) is 58.8 Å². The summed E-state index contributed by atoms with van der Waals surface area (Å²) in [6.45, 7) is 3.54. The second-order valence-corrected chi connectivity index (χ2v) is 11.0. The maximum absolute atomic E-state index is 11.1. The fourth-order valence-electron chi connectivity index (χ4n) is 5.07. The molecule has 0 aliphatic heterocycles. The van der Waals surface area contributed by atoms with Crippen molar-refractivity contribution in [2.24, 2.45) is 0 Å². The lowest BCUT2D eigenvalue weighted by molar-refractivity contribution is -0.927. The monoisotopic (exact) mass is 539 g/mol. The molecule has 0 rings (SSSR count). The Morgan fingerprint density at radius 3 is 1.32 bits per heavy atom. The Bertz CT molecular complexity index is 588. The van der Waals surface area contributed by atoms with Crippen LogP contribution in [0.15, 0.2) is 12.2 Å². The summed E-state index contributed by atoms with van der Waals surface area (Å²) in [5.74, 6) is -3.10. The van der Waals surface area contributed by atoms with E-state index in [4.69, 9.17) is 10.2 Å². The van der Waals surface area contributed by atoms with Crippen molar-refractivity contribution in [1.29, 1.82) is 0 Å². The summed E-state index contributed by atoms with van der Waals surface area (Å²) >= 11 is 0. The molecule has 0 unspecified atom stereocenters. The molecule has 0 saturated carbocycles. The van der Waals surface area contributed by atoms with Crippen LogP contribution < -0.4 is 5.11 Å². The summed E-state index contributed by atoms with van der Waals surface area (Å²) in [5.41, 5.74) is 0. The van der Waals surface area contributed by atoms with Gasteiger partial charge in [0.2, 0.25) is 0 Å². The molecule has 7 nitrogen and oxygen atoms in total. The van der Waals surface area contributed by atoms with Gasteiger partial charge in [0.15, 0.2) is 0 Å². The minimum atomic E-state index is -1.19. The first-order valence-corrected chi connectivity index (χ1v) is 15.4. The van der Waals surface area contributed by atoms with Crippen LogP contribution in [0.3, 0.4) is 0 Å². The number of hydrogen-bond donors (Lipinski definition) is 2. The van der Waals surface area contributed by atoms with Gasteiger partial charge in [0, 0.05) is 12.4 Å². The molecule has 0 atom stereocenters. The average molecular weight is 540 g/mol. The second kappa shape index (κ2) is 25.4. The SMILES string of the molecule is CCCCCCCCCCCCCCCC/C=C/CCCC[N+](CCC(=O)[O-])(CCC(=O)O)CCC(=O)O. The van der Waals surface area contributed by atoms with E-state index in [0.717, 1.165) is 25.7 Å². The molecule has 222 valence electrons. The number of carboxylic acids is 3. The minimum absolute atomic E-state index is 0.105. The number of nitrogens with zero attached hydrogens (tertiary/aromatic N) is 1. The van der Waals surface area contributed by atoms with Gasteiger partial charge in [-0.15, -0.1) is 0 Å². The number of carbonyl (C=O) groups is 3. The average Bonchev–Trinajstić information content (AvgIpc) is 2.88. The molecule has 38 heavy (non-hydrogen) atoms. The van der Waals surface area contributed by atoms with E-state index in [9.17, 15) is 19.5 Å². The van der Waals surface area contributed by atoms with Crippen LogP contribution in [0, 0.1) is 0 Å². The molecule has 0 aromatic rings. The van der Waals surface area contributed by atoms with Gasteiger partial charge < -0.3 is 24.6 Å². The lowest BCUT2D eigenvalue weighted by Gasteiger charge is -2.38. The minimum Gasteiger partial charge on any atom is -0.550 e. The molecule has 0 saturated heterocycles. The maximum Gasteiger partial charge on any atom is 0.309 e. The Morgan fingerprint density at radius 1 is 0.553 bits per heavy atom. The van der Waals surface area contributed by atoms with Crippen molar-refractivity contribution in [3.05, 3.63) is 12.2 Å². The molecule has 0 aliphatic rings. The highest BCUT2D eigenvalue weighted by Gasteiger charge is 2.28. The first kappa shape index (κ1) is 36.1. The summed E-state index contributed by atoms with van der Waals surface area (Å²) in [4.78, 5) is 33.2. The summed E-state index contributed by atoms with van der Waals surface area (Å²) in [6.07, 6.45) is 26.9. The molecular formula is C31H57NO6. The Hall–Kier alpha value is -1.89. The summed E-state index contributed by atoms with van der Waals surface area (Å²) < 4.78 is 0.204. The third-order valence-electron chi connectivity index (χ3n) is 7.53. The van der Waals surface area contributed by atoms with Crippen LogP contribution >= 0.6 is 0 Å². The number of rotatable bonds is 29. The van der Waals surface area contributed by atoms with E-state index >= 15 is 0 Å². The van der Waals surface area contributed by atoms with Gasteiger partial charge in [-0.1, -0.05) is 103 Å². The lowest BCUT2D eigenvalue weighted by Crippen LogP contribution is -2.53. The number of carboxylic acid groups (broad SMARTS) is 3. The standard InChI is InChI=1S/C31H57NO6/c1-2-3-4-5-6-7-8-9-10-11-12-13-14-15-16-17-18-19-20-21-25-32(26-22-29(33)34,27-23-30(35)36)28-24-31(37)38/h17-18H,2-16,19-28H2,1H3,(H2-,33,34,35,36,37,38)/b18-17+. The number of quaternary nitrogens is 1. The zero-order valence-electron chi connectivity index (χ0n) is 24.3. The third-order valence-corrected chi connectivity index (χ3v) is 7.53. The van der Waals surface area contributed by atoms with Gasteiger partial charge in [-0.2, -0.15) is 0 Å². The number of allylic oxidation sites excluding steroid dienone is 2. The quantitative estimate of drug-likeness (QED) is 0.0638. The first-order chi connectivity index (χ1) is 18.3. The van der Waals surface area contributed by atoms with Crippen molar-refractivity contribution in [3.8, 4) is 0 Å². The van der Waals surface area contributed by atoms with Crippen molar-refractivity contribution < 1.29 is 34.2 Å². The Labute approximate surface area is 232 Å². The van der Waals surface area contributed by atoms with Gasteiger partial charge >= 0.3 is 11.9 Å². The Morgan fingerprint density at radius 2 is 0.921 bits per heavy atom. The molecule has 0 amide bonds. The van der Waals surface area contributed by atoms with E-state index < -0.39 is 17.9 Å². The molecule has 0 heterocycles. The van der Waals surface area contributed by atoms with Crippen LogP contribution in [0.4, 0.5) is 0 Å². The van der Waals surface area contributed by atoms with Crippen molar-refractivity contribution in [2.75, 3.05) is 26.2 Å². The van der Waals surface area contributed by atoms with E-state index in [1.807, 2.05) is 0 Å². The highest BCUT2D eigenvalue weighted by atomic mass is 16.4. The number of unbranched alkanes of at least 4 members (excludes halogenated alkanes) is 16. The summed E-state index contributed by atoms with van der Waals surface area (Å²) in [6, 6.07) is 0. The van der Waals surface area contributed by atoms with E-state index in [-0.39, 0.29) is 43.4 Å². The third kappa shape index (κ3) is 24.4. The smallest absolute Gasteiger partial charge is 0.309 e. The van der Waals surface area contributed by atoms with E-state index in [0.29, 0.717) is 6.54 Å². The molecule has 0 spiro atoms. The van der Waals surface area contributed by atoms with Gasteiger partial charge in [0.25, 0.3) is 0 Å². The normalized spacial score (nSPS) is 11.8. The van der Waals surface area contributed by atoms with Crippen molar-refractivity contribution in [1.82, 2.24) is 0 Å². The highest BCUT2D eigenvalue weighted by molar-refractivity contribution is 5.67. The van der Waals surface area contributed by atoms with Gasteiger partial charge in [0.1, 0.15) is 0 Å². The lowest BCUT2D eigenvalue weighted by atomic mass is 10.0. The highest BCUT2D eigenvalue weighted by Crippen LogP contribution is 2.16. The van der Waals surface area contributed by atoms with Gasteiger partial charge in [-0.3, -0.25) is 9.59 Å². The van der Waals surface area contributed by atoms with E-state index in [1.165, 1.54) is 89.9 Å². The Balaban J connectivity index is 3.95. The largest absolute Gasteiger partial charge is 0.550 e. The van der Waals surface area contributed by atoms with Crippen LogP contribution in [0.1, 0.15) is 142 Å². The summed E-state index contributed by atoms with van der Waals surface area (Å²) in [7, 11) is 0. The zero-order chi connectivity index (χ0) is 28.3. The molecule has 0 aromatic carbocycles.